The number of benzene rings is 1. The van der Waals surface area contributed by atoms with Gasteiger partial charge in [0, 0.05) is 0 Å². The molecular weight excluding hydrogens is 176 g/mol. The summed E-state index contributed by atoms with van der Waals surface area (Å²) in [7, 11) is 0. The van der Waals surface area contributed by atoms with Gasteiger partial charge < -0.3 is 5.11 Å². The molecule has 1 rings (SSSR count). The monoisotopic (exact) mass is 188 g/mol. The van der Waals surface area contributed by atoms with Gasteiger partial charge in [-0.15, -0.1) is 0 Å². The first-order valence-corrected chi connectivity index (χ1v) is 4.31. The molecule has 0 amide bonds. The van der Waals surface area contributed by atoms with E-state index in [2.05, 4.69) is 0 Å². The summed E-state index contributed by atoms with van der Waals surface area (Å²) < 4.78 is 0. The Morgan fingerprint density at radius 3 is 2.50 bits per heavy atom. The third-order valence-electron chi connectivity index (χ3n) is 1.82. The van der Waals surface area contributed by atoms with Gasteiger partial charge in [0.15, 0.2) is 0 Å². The van der Waals surface area contributed by atoms with Crippen molar-refractivity contribution < 1.29 is 9.90 Å². The van der Waals surface area contributed by atoms with Crippen LogP contribution in [0.5, 0.6) is 0 Å². The van der Waals surface area contributed by atoms with Crippen molar-refractivity contribution >= 4 is 18.4 Å². The number of aldehydes is 1. The molecule has 0 aliphatic carbocycles. The molecule has 0 aromatic heterocycles. The second-order valence-corrected chi connectivity index (χ2v) is 2.95. The summed E-state index contributed by atoms with van der Waals surface area (Å²) >= 11 is 0. The summed E-state index contributed by atoms with van der Waals surface area (Å²) in [5, 5.41) is 8.66. The molecule has 2 heteroatoms. The fourth-order valence-electron chi connectivity index (χ4n) is 1.15. The minimum absolute atomic E-state index is 0.656. The third-order valence-corrected chi connectivity index (χ3v) is 1.82. The maximum atomic E-state index is 10.4. The zero-order valence-corrected chi connectivity index (χ0v) is 7.97. The predicted molar refractivity (Wildman–Crippen MR) is 57.8 cm³/mol. The number of aliphatic hydroxyl groups is 1. The van der Waals surface area contributed by atoms with E-state index in [1.807, 2.05) is 24.3 Å². The van der Waals surface area contributed by atoms with Crippen molar-refractivity contribution in [1.29, 1.82) is 0 Å². The summed E-state index contributed by atoms with van der Waals surface area (Å²) in [6, 6.07) is 7.53. The van der Waals surface area contributed by atoms with Crippen molar-refractivity contribution in [2.24, 2.45) is 0 Å². The van der Waals surface area contributed by atoms with Gasteiger partial charge in [0.1, 0.15) is 6.29 Å². The molecule has 0 fully saturated rings. The van der Waals surface area contributed by atoms with Gasteiger partial charge in [0.2, 0.25) is 0 Å². The van der Waals surface area contributed by atoms with E-state index in [-0.39, 0.29) is 0 Å². The van der Waals surface area contributed by atoms with Gasteiger partial charge in [0.25, 0.3) is 0 Å². The van der Waals surface area contributed by atoms with Gasteiger partial charge in [-0.2, -0.15) is 0 Å². The van der Waals surface area contributed by atoms with Crippen LogP contribution in [0.25, 0.3) is 12.2 Å². The van der Waals surface area contributed by atoms with Crippen molar-refractivity contribution in [1.82, 2.24) is 0 Å². The van der Waals surface area contributed by atoms with Crippen LogP contribution in [0.3, 0.4) is 0 Å². The van der Waals surface area contributed by atoms with Crippen LogP contribution in [-0.2, 0) is 4.79 Å². The summed E-state index contributed by atoms with van der Waals surface area (Å²) in [5.74, 6) is 0. The lowest BCUT2D eigenvalue weighted by Gasteiger charge is -1.99. The van der Waals surface area contributed by atoms with Crippen molar-refractivity contribution in [3.05, 3.63) is 47.2 Å². The molecule has 14 heavy (non-hydrogen) atoms. The van der Waals surface area contributed by atoms with Crippen LogP contribution in [0.15, 0.2) is 36.1 Å². The highest BCUT2D eigenvalue weighted by Crippen LogP contribution is 2.13. The molecule has 72 valence electrons. The van der Waals surface area contributed by atoms with E-state index in [4.69, 9.17) is 5.11 Å². The molecule has 0 aliphatic heterocycles. The molecule has 0 radical (unpaired) electrons. The molecule has 0 heterocycles. The van der Waals surface area contributed by atoms with Crippen molar-refractivity contribution in [2.45, 2.75) is 6.92 Å². The lowest BCUT2D eigenvalue weighted by atomic mass is 10.1. The van der Waals surface area contributed by atoms with Crippen LogP contribution in [0.4, 0.5) is 0 Å². The Balaban J connectivity index is 3.13. The average Bonchev–Trinajstić information content (AvgIpc) is 2.21. The SMILES string of the molecule is C/C(C=O)=C\c1ccccc1/C=C/O. The molecular formula is C12H12O2. The Morgan fingerprint density at radius 2 is 1.93 bits per heavy atom. The molecule has 0 spiro atoms. The van der Waals surface area contributed by atoms with Crippen LogP contribution >= 0.6 is 0 Å². The van der Waals surface area contributed by atoms with Gasteiger partial charge in [-0.05, 0) is 35.8 Å². The smallest absolute Gasteiger partial charge is 0.145 e. The number of carbonyl (C=O) groups excluding carboxylic acids is 1. The molecule has 1 N–H and O–H groups in total. The fourth-order valence-corrected chi connectivity index (χ4v) is 1.15. The van der Waals surface area contributed by atoms with Gasteiger partial charge in [-0.25, -0.2) is 0 Å². The lowest BCUT2D eigenvalue weighted by molar-refractivity contribution is -0.104. The van der Waals surface area contributed by atoms with Crippen LogP contribution in [-0.4, -0.2) is 11.4 Å². The normalized spacial score (nSPS) is 11.9. The average molecular weight is 188 g/mol. The van der Waals surface area contributed by atoms with E-state index >= 15 is 0 Å². The van der Waals surface area contributed by atoms with E-state index in [1.54, 1.807) is 19.1 Å². The highest BCUT2D eigenvalue weighted by molar-refractivity contribution is 5.82. The van der Waals surface area contributed by atoms with Gasteiger partial charge >= 0.3 is 0 Å². The molecule has 0 saturated heterocycles. The van der Waals surface area contributed by atoms with E-state index in [0.29, 0.717) is 5.57 Å². The molecule has 0 bridgehead atoms. The molecule has 0 unspecified atom stereocenters. The summed E-state index contributed by atoms with van der Waals surface area (Å²) in [4.78, 5) is 10.4. The Bertz CT molecular complexity index is 376. The minimum atomic E-state index is 0.656. The predicted octanol–water partition coefficient (Wildman–Crippen LogP) is 2.82. The van der Waals surface area contributed by atoms with Gasteiger partial charge in [0.05, 0.1) is 6.26 Å². The number of carbonyl (C=O) groups is 1. The van der Waals surface area contributed by atoms with Crippen LogP contribution < -0.4 is 0 Å². The number of rotatable bonds is 3. The fraction of sp³-hybridized carbons (Fsp3) is 0.0833. The summed E-state index contributed by atoms with van der Waals surface area (Å²) in [6.45, 7) is 1.74. The maximum absolute atomic E-state index is 10.4. The largest absolute Gasteiger partial charge is 0.516 e. The standard InChI is InChI=1S/C12H12O2/c1-10(9-14)8-12-5-3-2-4-11(12)6-7-13/h2-9,13H,1H3/b7-6+,10-8+. The second-order valence-electron chi connectivity index (χ2n) is 2.95. The highest BCUT2D eigenvalue weighted by atomic mass is 16.2. The van der Waals surface area contributed by atoms with Gasteiger partial charge in [-0.1, -0.05) is 24.3 Å². The molecule has 1 aromatic rings. The Kier molecular flexibility index (Phi) is 3.68. The molecule has 1 aromatic carbocycles. The molecule has 0 atom stereocenters. The summed E-state index contributed by atoms with van der Waals surface area (Å²) in [5.41, 5.74) is 2.46. The topological polar surface area (TPSA) is 37.3 Å². The van der Waals surface area contributed by atoms with Crippen LogP contribution in [0.1, 0.15) is 18.1 Å². The Hall–Kier alpha value is -1.83. The highest BCUT2D eigenvalue weighted by Gasteiger charge is 1.95. The number of hydrogen-bond acceptors (Lipinski definition) is 2. The van der Waals surface area contributed by atoms with Crippen molar-refractivity contribution in [3.63, 3.8) is 0 Å². The number of allylic oxidation sites excluding steroid dienone is 1. The van der Waals surface area contributed by atoms with Gasteiger partial charge in [-0.3, -0.25) is 4.79 Å². The number of aliphatic hydroxyl groups excluding tert-OH is 1. The zero-order chi connectivity index (χ0) is 10.4. The maximum Gasteiger partial charge on any atom is 0.145 e. The summed E-state index contributed by atoms with van der Waals surface area (Å²) in [6.07, 6.45) is 5.16. The zero-order valence-electron chi connectivity index (χ0n) is 7.97. The quantitative estimate of drug-likeness (QED) is 0.450. The van der Waals surface area contributed by atoms with E-state index in [1.165, 1.54) is 0 Å². The molecule has 0 saturated carbocycles. The van der Waals surface area contributed by atoms with Crippen molar-refractivity contribution in [3.8, 4) is 0 Å². The first-order chi connectivity index (χ1) is 6.77. The Labute approximate surface area is 83.2 Å². The second kappa shape index (κ2) is 5.02. The van der Waals surface area contributed by atoms with E-state index in [9.17, 15) is 4.79 Å². The molecule has 0 aliphatic rings. The first-order valence-electron chi connectivity index (χ1n) is 4.31. The van der Waals surface area contributed by atoms with E-state index < -0.39 is 0 Å². The van der Waals surface area contributed by atoms with E-state index in [0.717, 1.165) is 23.7 Å². The van der Waals surface area contributed by atoms with Crippen LogP contribution in [0, 0.1) is 0 Å². The molecule has 2 nitrogen and oxygen atoms in total. The minimum Gasteiger partial charge on any atom is -0.516 e. The Morgan fingerprint density at radius 1 is 1.29 bits per heavy atom. The number of hydrogen-bond donors (Lipinski definition) is 1. The third kappa shape index (κ3) is 2.59. The lowest BCUT2D eigenvalue weighted by Crippen LogP contribution is -1.82. The van der Waals surface area contributed by atoms with Crippen molar-refractivity contribution in [2.75, 3.05) is 0 Å². The first kappa shape index (κ1) is 10.3. The van der Waals surface area contributed by atoms with Crippen LogP contribution in [0.2, 0.25) is 0 Å².